The smallest absolute Gasteiger partial charge is 0.0630 e. The maximum atomic E-state index is 6.26. The molecule has 3 rings (SSSR count). The van der Waals surface area contributed by atoms with Crippen LogP contribution in [0, 0.1) is 0 Å². The molecule has 0 bridgehead atoms. The molecule has 2 aromatic carbocycles. The molecule has 0 aliphatic heterocycles. The van der Waals surface area contributed by atoms with Crippen molar-refractivity contribution in [1.29, 1.82) is 0 Å². The Bertz CT molecular complexity index is 765. The second-order valence-electron chi connectivity index (χ2n) is 5.10. The Hall–Kier alpha value is -2.55. The van der Waals surface area contributed by atoms with Crippen molar-refractivity contribution in [2.45, 2.75) is 19.9 Å². The Morgan fingerprint density at radius 1 is 1.05 bits per heavy atom. The molecule has 0 aliphatic rings. The van der Waals surface area contributed by atoms with Gasteiger partial charge in [-0.2, -0.15) is 0 Å². The van der Waals surface area contributed by atoms with Crippen LogP contribution in [-0.2, 0) is 13.0 Å². The predicted molar refractivity (Wildman–Crippen MR) is 89.3 cm³/mol. The number of hydrogen-bond donors (Lipinski definition) is 2. The highest BCUT2D eigenvalue weighted by molar-refractivity contribution is 5.98. The second-order valence-corrected chi connectivity index (χ2v) is 5.10. The van der Waals surface area contributed by atoms with Crippen LogP contribution in [0.25, 0.3) is 10.8 Å². The van der Waals surface area contributed by atoms with Gasteiger partial charge in [-0.25, -0.2) is 0 Å². The van der Waals surface area contributed by atoms with Gasteiger partial charge in [-0.15, -0.1) is 0 Å². The minimum Gasteiger partial charge on any atom is -0.397 e. The van der Waals surface area contributed by atoms with Crippen molar-refractivity contribution in [1.82, 2.24) is 4.98 Å². The monoisotopic (exact) mass is 277 g/mol. The van der Waals surface area contributed by atoms with Gasteiger partial charge in [-0.05, 0) is 29.7 Å². The van der Waals surface area contributed by atoms with E-state index >= 15 is 0 Å². The van der Waals surface area contributed by atoms with E-state index in [9.17, 15) is 0 Å². The first-order valence-electron chi connectivity index (χ1n) is 7.22. The third kappa shape index (κ3) is 2.68. The number of aromatic nitrogens is 1. The zero-order valence-electron chi connectivity index (χ0n) is 12.1. The zero-order chi connectivity index (χ0) is 14.7. The van der Waals surface area contributed by atoms with Gasteiger partial charge in [0.05, 0.1) is 11.4 Å². The highest BCUT2D eigenvalue weighted by Gasteiger charge is 2.05. The number of pyridine rings is 1. The van der Waals surface area contributed by atoms with Gasteiger partial charge >= 0.3 is 0 Å². The molecular formula is C18H19N3. The van der Waals surface area contributed by atoms with Gasteiger partial charge in [0.2, 0.25) is 0 Å². The number of anilines is 2. The second kappa shape index (κ2) is 5.83. The van der Waals surface area contributed by atoms with E-state index in [1.807, 2.05) is 24.4 Å². The van der Waals surface area contributed by atoms with Crippen molar-refractivity contribution in [2.24, 2.45) is 0 Å². The van der Waals surface area contributed by atoms with Crippen LogP contribution in [0.1, 0.15) is 18.1 Å². The van der Waals surface area contributed by atoms with E-state index < -0.39 is 0 Å². The Morgan fingerprint density at radius 2 is 1.86 bits per heavy atom. The lowest BCUT2D eigenvalue weighted by Gasteiger charge is -2.13. The number of nitrogens with two attached hydrogens (primary N) is 1. The molecule has 0 atom stereocenters. The van der Waals surface area contributed by atoms with Crippen LogP contribution >= 0.6 is 0 Å². The third-order valence-electron chi connectivity index (χ3n) is 3.83. The van der Waals surface area contributed by atoms with Crippen molar-refractivity contribution in [3.63, 3.8) is 0 Å². The molecule has 21 heavy (non-hydrogen) atoms. The number of nitrogens with one attached hydrogen (secondary N) is 1. The quantitative estimate of drug-likeness (QED) is 0.709. The molecule has 3 N–H and O–H groups in total. The third-order valence-corrected chi connectivity index (χ3v) is 3.83. The van der Waals surface area contributed by atoms with E-state index in [-0.39, 0.29) is 0 Å². The SMILES string of the molecule is CCc1ccccc1CNc1ccc2cnccc2c1N. The normalized spacial score (nSPS) is 10.7. The molecule has 0 saturated carbocycles. The van der Waals surface area contributed by atoms with Gasteiger partial charge in [-0.1, -0.05) is 37.3 Å². The fraction of sp³-hybridized carbons (Fsp3) is 0.167. The summed E-state index contributed by atoms with van der Waals surface area (Å²) in [6, 6.07) is 14.5. The molecular weight excluding hydrogens is 258 g/mol. The van der Waals surface area contributed by atoms with Crippen molar-refractivity contribution in [3.05, 3.63) is 66.0 Å². The summed E-state index contributed by atoms with van der Waals surface area (Å²) in [5, 5.41) is 5.56. The molecule has 3 aromatic rings. The topological polar surface area (TPSA) is 50.9 Å². The molecule has 0 amide bonds. The van der Waals surface area contributed by atoms with Crippen LogP contribution < -0.4 is 11.1 Å². The first kappa shape index (κ1) is 13.4. The lowest BCUT2D eigenvalue weighted by Crippen LogP contribution is -2.05. The van der Waals surface area contributed by atoms with Crippen LogP contribution in [0.15, 0.2) is 54.9 Å². The Balaban J connectivity index is 1.87. The van der Waals surface area contributed by atoms with Crippen molar-refractivity contribution >= 4 is 22.1 Å². The molecule has 0 aliphatic carbocycles. The lowest BCUT2D eigenvalue weighted by atomic mass is 10.0. The Labute approximate surface area is 124 Å². The highest BCUT2D eigenvalue weighted by Crippen LogP contribution is 2.28. The molecule has 0 radical (unpaired) electrons. The first-order chi connectivity index (χ1) is 10.3. The molecule has 0 saturated heterocycles. The molecule has 3 heteroatoms. The molecule has 106 valence electrons. The predicted octanol–water partition coefficient (Wildman–Crippen LogP) is 3.99. The molecule has 0 fully saturated rings. The summed E-state index contributed by atoms with van der Waals surface area (Å²) in [7, 11) is 0. The van der Waals surface area contributed by atoms with E-state index in [2.05, 4.69) is 41.5 Å². The highest BCUT2D eigenvalue weighted by atomic mass is 14.9. The summed E-state index contributed by atoms with van der Waals surface area (Å²) in [5.74, 6) is 0. The fourth-order valence-corrected chi connectivity index (χ4v) is 2.61. The lowest BCUT2D eigenvalue weighted by molar-refractivity contribution is 1.04. The van der Waals surface area contributed by atoms with Crippen LogP contribution in [-0.4, -0.2) is 4.98 Å². The average molecular weight is 277 g/mol. The maximum absolute atomic E-state index is 6.26. The van der Waals surface area contributed by atoms with Gasteiger partial charge in [0.25, 0.3) is 0 Å². The van der Waals surface area contributed by atoms with Gasteiger partial charge in [0, 0.05) is 29.7 Å². The summed E-state index contributed by atoms with van der Waals surface area (Å²) < 4.78 is 0. The number of rotatable bonds is 4. The van der Waals surface area contributed by atoms with Crippen molar-refractivity contribution in [3.8, 4) is 0 Å². The van der Waals surface area contributed by atoms with E-state index in [0.29, 0.717) is 0 Å². The summed E-state index contributed by atoms with van der Waals surface area (Å²) in [4.78, 5) is 4.12. The van der Waals surface area contributed by atoms with Gasteiger partial charge in [-0.3, -0.25) is 4.98 Å². The average Bonchev–Trinajstić information content (AvgIpc) is 2.55. The number of nitrogen functional groups attached to an aromatic ring is 1. The van der Waals surface area contributed by atoms with E-state index in [0.717, 1.165) is 35.1 Å². The number of nitrogens with zero attached hydrogens (tertiary/aromatic N) is 1. The largest absolute Gasteiger partial charge is 0.397 e. The van der Waals surface area contributed by atoms with Gasteiger partial charge in [0.1, 0.15) is 0 Å². The molecule has 0 spiro atoms. The number of fused-ring (bicyclic) bond motifs is 1. The standard InChI is InChI=1S/C18H19N3/c1-2-13-5-3-4-6-14(13)12-21-17-8-7-15-11-20-10-9-16(15)18(17)19/h3-11,21H,2,12,19H2,1H3. The van der Waals surface area contributed by atoms with Crippen LogP contribution in [0.5, 0.6) is 0 Å². The zero-order valence-corrected chi connectivity index (χ0v) is 12.1. The van der Waals surface area contributed by atoms with Crippen molar-refractivity contribution in [2.75, 3.05) is 11.1 Å². The fourth-order valence-electron chi connectivity index (χ4n) is 2.61. The van der Waals surface area contributed by atoms with E-state index in [1.165, 1.54) is 11.1 Å². The van der Waals surface area contributed by atoms with Crippen LogP contribution in [0.2, 0.25) is 0 Å². The Kier molecular flexibility index (Phi) is 3.73. The molecule has 3 nitrogen and oxygen atoms in total. The van der Waals surface area contributed by atoms with Crippen LogP contribution in [0.4, 0.5) is 11.4 Å². The first-order valence-corrected chi connectivity index (χ1v) is 7.22. The maximum Gasteiger partial charge on any atom is 0.0630 e. The summed E-state index contributed by atoms with van der Waals surface area (Å²) in [6.07, 6.45) is 4.65. The minimum atomic E-state index is 0.781. The van der Waals surface area contributed by atoms with Gasteiger partial charge < -0.3 is 11.1 Å². The Morgan fingerprint density at radius 3 is 2.67 bits per heavy atom. The summed E-state index contributed by atoms with van der Waals surface area (Å²) in [5.41, 5.74) is 10.7. The van der Waals surface area contributed by atoms with Gasteiger partial charge in [0.15, 0.2) is 0 Å². The summed E-state index contributed by atoms with van der Waals surface area (Å²) in [6.45, 7) is 2.96. The molecule has 1 aromatic heterocycles. The number of hydrogen-bond acceptors (Lipinski definition) is 3. The molecule has 1 heterocycles. The van der Waals surface area contributed by atoms with E-state index in [1.54, 1.807) is 6.20 Å². The number of benzene rings is 2. The minimum absolute atomic E-state index is 0.781. The van der Waals surface area contributed by atoms with E-state index in [4.69, 9.17) is 5.73 Å². The van der Waals surface area contributed by atoms with Crippen LogP contribution in [0.3, 0.4) is 0 Å². The number of aryl methyl sites for hydroxylation is 1. The summed E-state index contributed by atoms with van der Waals surface area (Å²) >= 11 is 0. The molecule has 0 unspecified atom stereocenters. The van der Waals surface area contributed by atoms with Crippen molar-refractivity contribution < 1.29 is 0 Å².